The van der Waals surface area contributed by atoms with Crippen LogP contribution in [0.1, 0.15) is 31.1 Å². The summed E-state index contributed by atoms with van der Waals surface area (Å²) in [6.07, 6.45) is 1.91. The fraction of sp³-hybridized carbons (Fsp3) is 0.778. The molecule has 2 unspecified atom stereocenters. The maximum absolute atomic E-state index is 5.61. The van der Waals surface area contributed by atoms with Crippen molar-refractivity contribution in [2.24, 2.45) is 11.7 Å². The van der Waals surface area contributed by atoms with Crippen molar-refractivity contribution in [3.63, 3.8) is 0 Å². The Morgan fingerprint density at radius 1 is 1.64 bits per heavy atom. The molecule has 0 amide bonds. The molecule has 1 aliphatic heterocycles. The minimum atomic E-state index is -0.184. The van der Waals surface area contributed by atoms with Crippen LogP contribution in [-0.2, 0) is 11.2 Å². The number of nitrogens with zero attached hydrogens (tertiary/aromatic N) is 2. The molecule has 78 valence electrons. The molecular formula is C9H15N3O2. The first-order valence-corrected chi connectivity index (χ1v) is 4.91. The van der Waals surface area contributed by atoms with Crippen molar-refractivity contribution in [1.29, 1.82) is 0 Å². The smallest absolute Gasteiger partial charge is 0.243 e. The minimum Gasteiger partial charge on any atom is -0.381 e. The van der Waals surface area contributed by atoms with E-state index < -0.39 is 0 Å². The van der Waals surface area contributed by atoms with Crippen molar-refractivity contribution in [3.8, 4) is 0 Å². The molecule has 5 nitrogen and oxygen atoms in total. The molecule has 0 aliphatic carbocycles. The van der Waals surface area contributed by atoms with Gasteiger partial charge in [-0.1, -0.05) is 5.16 Å². The summed E-state index contributed by atoms with van der Waals surface area (Å²) in [6.45, 7) is 3.49. The Hall–Kier alpha value is -0.940. The first-order chi connectivity index (χ1) is 6.75. The number of nitrogens with two attached hydrogens (primary N) is 1. The van der Waals surface area contributed by atoms with E-state index >= 15 is 0 Å². The van der Waals surface area contributed by atoms with Crippen molar-refractivity contribution in [2.75, 3.05) is 13.2 Å². The summed E-state index contributed by atoms with van der Waals surface area (Å²) in [5, 5.41) is 3.88. The summed E-state index contributed by atoms with van der Waals surface area (Å²) >= 11 is 0. The first-order valence-electron chi connectivity index (χ1n) is 4.91. The van der Waals surface area contributed by atoms with Crippen LogP contribution >= 0.6 is 0 Å². The van der Waals surface area contributed by atoms with Crippen molar-refractivity contribution in [3.05, 3.63) is 11.7 Å². The van der Waals surface area contributed by atoms with E-state index in [9.17, 15) is 0 Å². The molecular weight excluding hydrogens is 182 g/mol. The zero-order chi connectivity index (χ0) is 9.97. The fourth-order valence-electron chi connectivity index (χ4n) is 1.54. The van der Waals surface area contributed by atoms with Gasteiger partial charge in [0, 0.05) is 19.6 Å². The molecule has 2 heterocycles. The number of hydrogen-bond donors (Lipinski definition) is 1. The van der Waals surface area contributed by atoms with E-state index in [0.29, 0.717) is 11.8 Å². The van der Waals surface area contributed by atoms with E-state index in [0.717, 1.165) is 31.9 Å². The third-order valence-corrected chi connectivity index (χ3v) is 2.37. The second-order valence-electron chi connectivity index (χ2n) is 3.77. The van der Waals surface area contributed by atoms with Gasteiger partial charge in [-0.05, 0) is 19.3 Å². The Kier molecular flexibility index (Phi) is 2.79. The highest BCUT2D eigenvalue weighted by Crippen LogP contribution is 2.17. The highest BCUT2D eigenvalue weighted by atomic mass is 16.5. The van der Waals surface area contributed by atoms with Crippen LogP contribution in [0.25, 0.3) is 0 Å². The number of ether oxygens (including phenoxy) is 1. The number of rotatable bonds is 3. The molecule has 0 spiro atoms. The van der Waals surface area contributed by atoms with E-state index in [-0.39, 0.29) is 6.04 Å². The highest BCUT2D eigenvalue weighted by Gasteiger charge is 2.19. The van der Waals surface area contributed by atoms with Gasteiger partial charge in [0.1, 0.15) is 0 Å². The topological polar surface area (TPSA) is 74.2 Å². The van der Waals surface area contributed by atoms with Gasteiger partial charge in [-0.2, -0.15) is 4.98 Å². The molecule has 2 rings (SSSR count). The zero-order valence-corrected chi connectivity index (χ0v) is 8.27. The average molecular weight is 197 g/mol. The first kappa shape index (κ1) is 9.61. The Morgan fingerprint density at radius 3 is 3.07 bits per heavy atom. The van der Waals surface area contributed by atoms with Crippen LogP contribution in [0.3, 0.4) is 0 Å². The Balaban J connectivity index is 1.95. The molecule has 0 aromatic carbocycles. The van der Waals surface area contributed by atoms with Gasteiger partial charge >= 0.3 is 0 Å². The fourth-order valence-corrected chi connectivity index (χ4v) is 1.54. The lowest BCUT2D eigenvalue weighted by Gasteiger charge is -2.01. The molecule has 1 saturated heterocycles. The van der Waals surface area contributed by atoms with Gasteiger partial charge in [0.2, 0.25) is 5.89 Å². The van der Waals surface area contributed by atoms with E-state index in [1.54, 1.807) is 0 Å². The minimum absolute atomic E-state index is 0.184. The molecule has 0 saturated carbocycles. The second kappa shape index (κ2) is 4.06. The van der Waals surface area contributed by atoms with Crippen LogP contribution in [0.4, 0.5) is 0 Å². The summed E-state index contributed by atoms with van der Waals surface area (Å²) in [4.78, 5) is 4.21. The summed E-state index contributed by atoms with van der Waals surface area (Å²) in [5.41, 5.74) is 5.61. The average Bonchev–Trinajstić information content (AvgIpc) is 2.75. The molecule has 5 heteroatoms. The summed E-state index contributed by atoms with van der Waals surface area (Å²) in [5.74, 6) is 1.79. The van der Waals surface area contributed by atoms with E-state index in [1.807, 2.05) is 6.92 Å². The summed E-state index contributed by atoms with van der Waals surface area (Å²) in [7, 11) is 0. The SMILES string of the molecule is CC(N)c1nc(CC2CCOC2)no1. The van der Waals surface area contributed by atoms with Crippen LogP contribution < -0.4 is 5.73 Å². The predicted molar refractivity (Wildman–Crippen MR) is 49.5 cm³/mol. The van der Waals surface area contributed by atoms with E-state index in [2.05, 4.69) is 10.1 Å². The molecule has 1 aromatic heterocycles. The van der Waals surface area contributed by atoms with Crippen LogP contribution in [0, 0.1) is 5.92 Å². The van der Waals surface area contributed by atoms with Crippen molar-refractivity contribution in [1.82, 2.24) is 10.1 Å². The van der Waals surface area contributed by atoms with Crippen LogP contribution in [0.2, 0.25) is 0 Å². The van der Waals surface area contributed by atoms with Gasteiger partial charge in [-0.25, -0.2) is 0 Å². The van der Waals surface area contributed by atoms with Gasteiger partial charge < -0.3 is 15.0 Å². The third kappa shape index (κ3) is 2.10. The number of aromatic nitrogens is 2. The molecule has 0 radical (unpaired) electrons. The van der Waals surface area contributed by atoms with Gasteiger partial charge in [0.05, 0.1) is 6.04 Å². The highest BCUT2D eigenvalue weighted by molar-refractivity contribution is 4.92. The normalized spacial score (nSPS) is 24.0. The lowest BCUT2D eigenvalue weighted by molar-refractivity contribution is 0.185. The van der Waals surface area contributed by atoms with Gasteiger partial charge in [0.25, 0.3) is 0 Å². The molecule has 1 fully saturated rings. The quantitative estimate of drug-likeness (QED) is 0.770. The Bertz CT molecular complexity index is 292. The monoisotopic (exact) mass is 197 g/mol. The lowest BCUT2D eigenvalue weighted by atomic mass is 10.1. The van der Waals surface area contributed by atoms with Crippen molar-refractivity contribution >= 4 is 0 Å². The lowest BCUT2D eigenvalue weighted by Crippen LogP contribution is -2.07. The van der Waals surface area contributed by atoms with Gasteiger partial charge in [-0.15, -0.1) is 0 Å². The van der Waals surface area contributed by atoms with Crippen molar-refractivity contribution in [2.45, 2.75) is 25.8 Å². The predicted octanol–water partition coefficient (Wildman–Crippen LogP) is 0.668. The summed E-state index contributed by atoms with van der Waals surface area (Å²) < 4.78 is 10.3. The largest absolute Gasteiger partial charge is 0.381 e. The second-order valence-corrected chi connectivity index (χ2v) is 3.77. The maximum atomic E-state index is 5.61. The molecule has 2 atom stereocenters. The zero-order valence-electron chi connectivity index (χ0n) is 8.27. The summed E-state index contributed by atoms with van der Waals surface area (Å²) in [6, 6.07) is -0.184. The molecule has 14 heavy (non-hydrogen) atoms. The third-order valence-electron chi connectivity index (χ3n) is 2.37. The molecule has 2 N–H and O–H groups in total. The van der Waals surface area contributed by atoms with E-state index in [1.165, 1.54) is 0 Å². The van der Waals surface area contributed by atoms with Crippen LogP contribution in [0.15, 0.2) is 4.52 Å². The standard InChI is InChI=1S/C9H15N3O2/c1-6(10)9-11-8(12-14-9)4-7-2-3-13-5-7/h6-7H,2-5,10H2,1H3. The van der Waals surface area contributed by atoms with E-state index in [4.69, 9.17) is 15.0 Å². The maximum Gasteiger partial charge on any atom is 0.243 e. The van der Waals surface area contributed by atoms with Crippen LogP contribution in [-0.4, -0.2) is 23.4 Å². The molecule has 0 bridgehead atoms. The molecule has 1 aliphatic rings. The van der Waals surface area contributed by atoms with Crippen molar-refractivity contribution < 1.29 is 9.26 Å². The Morgan fingerprint density at radius 2 is 2.50 bits per heavy atom. The van der Waals surface area contributed by atoms with Gasteiger partial charge in [0.15, 0.2) is 5.82 Å². The Labute approximate surface area is 82.6 Å². The molecule has 1 aromatic rings. The van der Waals surface area contributed by atoms with Gasteiger partial charge in [-0.3, -0.25) is 0 Å². The number of hydrogen-bond acceptors (Lipinski definition) is 5. The van der Waals surface area contributed by atoms with Crippen LogP contribution in [0.5, 0.6) is 0 Å².